The smallest absolute Gasteiger partial charge is 0.252 e. The number of thioether (sulfide) groups is 1. The number of carbonyl (C=O) groups excluding carboxylic acids is 1. The zero-order chi connectivity index (χ0) is 21.5. The third-order valence-electron chi connectivity index (χ3n) is 5.42. The lowest BCUT2D eigenvalue weighted by Crippen LogP contribution is -2.24. The molecule has 1 aromatic heterocycles. The van der Waals surface area contributed by atoms with Gasteiger partial charge in [-0.3, -0.25) is 4.79 Å². The average molecular weight is 430 g/mol. The number of hydrogen-bond donors (Lipinski definition) is 2. The number of benzene rings is 3. The molecule has 0 fully saturated rings. The molecule has 0 spiro atoms. The molecule has 0 saturated carbocycles. The molecule has 5 heteroatoms. The van der Waals surface area contributed by atoms with Gasteiger partial charge in [-0.1, -0.05) is 55.0 Å². The van der Waals surface area contributed by atoms with Crippen LogP contribution in [0.25, 0.3) is 22.0 Å². The number of fused-ring (bicyclic) bond motifs is 1. The molecule has 0 radical (unpaired) electrons. The molecule has 1 heterocycles. The Morgan fingerprint density at radius 2 is 1.77 bits per heavy atom. The van der Waals surface area contributed by atoms with Crippen molar-refractivity contribution in [2.45, 2.75) is 30.6 Å². The van der Waals surface area contributed by atoms with Gasteiger partial charge in [0.15, 0.2) is 0 Å². The number of rotatable bonds is 9. The number of aromatic amines is 1. The second-order valence-electron chi connectivity index (χ2n) is 7.57. The first-order valence-electron chi connectivity index (χ1n) is 10.7. The molecule has 0 saturated heterocycles. The third-order valence-corrected chi connectivity index (χ3v) is 6.21. The molecule has 4 nitrogen and oxygen atoms in total. The van der Waals surface area contributed by atoms with E-state index >= 15 is 0 Å². The second kappa shape index (κ2) is 10.3. The van der Waals surface area contributed by atoms with Crippen LogP contribution in [-0.4, -0.2) is 28.7 Å². The molecule has 1 amide bonds. The molecule has 4 rings (SSSR count). The molecule has 0 bridgehead atoms. The Morgan fingerprint density at radius 3 is 2.65 bits per heavy atom. The van der Waals surface area contributed by atoms with Gasteiger partial charge in [0.05, 0.1) is 17.5 Å². The van der Waals surface area contributed by atoms with Crippen molar-refractivity contribution in [2.75, 3.05) is 12.8 Å². The van der Waals surface area contributed by atoms with E-state index in [0.717, 1.165) is 53.2 Å². The zero-order valence-corrected chi connectivity index (χ0v) is 18.5. The van der Waals surface area contributed by atoms with Crippen LogP contribution in [0, 0.1) is 0 Å². The summed E-state index contributed by atoms with van der Waals surface area (Å²) in [5.74, 6) is 1.03. The third kappa shape index (κ3) is 5.36. The number of nitrogens with zero attached hydrogens (tertiary/aromatic N) is 1. The maximum atomic E-state index is 12.4. The summed E-state index contributed by atoms with van der Waals surface area (Å²) in [4.78, 5) is 21.4. The first-order valence-corrected chi connectivity index (χ1v) is 11.9. The van der Waals surface area contributed by atoms with Crippen LogP contribution in [0.4, 0.5) is 0 Å². The van der Waals surface area contributed by atoms with Crippen LogP contribution in [0.5, 0.6) is 0 Å². The van der Waals surface area contributed by atoms with Gasteiger partial charge in [0.2, 0.25) is 0 Å². The maximum absolute atomic E-state index is 12.4. The number of imidazole rings is 1. The number of nitrogens with one attached hydrogen (secondary N) is 2. The highest BCUT2D eigenvalue weighted by atomic mass is 32.2. The Hall–Kier alpha value is -3.05. The van der Waals surface area contributed by atoms with Crippen LogP contribution in [0.1, 0.15) is 35.4 Å². The van der Waals surface area contributed by atoms with Gasteiger partial charge < -0.3 is 10.3 Å². The number of aryl methyl sites for hydroxylation is 1. The van der Waals surface area contributed by atoms with E-state index in [4.69, 9.17) is 0 Å². The van der Waals surface area contributed by atoms with E-state index in [-0.39, 0.29) is 5.91 Å². The first kappa shape index (κ1) is 21.2. The van der Waals surface area contributed by atoms with Gasteiger partial charge in [-0.05, 0) is 48.1 Å². The van der Waals surface area contributed by atoms with Crippen LogP contribution in [0.15, 0.2) is 77.8 Å². The number of carbonyl (C=O) groups is 1. The van der Waals surface area contributed by atoms with E-state index in [1.165, 1.54) is 10.8 Å². The Balaban J connectivity index is 1.22. The highest BCUT2D eigenvalue weighted by molar-refractivity contribution is 7.98. The van der Waals surface area contributed by atoms with Gasteiger partial charge in [0.25, 0.3) is 5.91 Å². The van der Waals surface area contributed by atoms with E-state index in [2.05, 4.69) is 57.7 Å². The predicted molar refractivity (Wildman–Crippen MR) is 130 cm³/mol. The second-order valence-corrected chi connectivity index (χ2v) is 8.42. The molecule has 0 aliphatic carbocycles. The van der Waals surface area contributed by atoms with Gasteiger partial charge in [0.1, 0.15) is 5.82 Å². The summed E-state index contributed by atoms with van der Waals surface area (Å²) < 4.78 is 0. The van der Waals surface area contributed by atoms with E-state index in [1.54, 1.807) is 11.8 Å². The minimum Gasteiger partial charge on any atom is -0.352 e. The molecular formula is C26H27N3OS. The maximum Gasteiger partial charge on any atom is 0.252 e. The summed E-state index contributed by atoms with van der Waals surface area (Å²) >= 11 is 1.60. The monoisotopic (exact) mass is 429 g/mol. The van der Waals surface area contributed by atoms with Crippen molar-refractivity contribution >= 4 is 28.4 Å². The summed E-state index contributed by atoms with van der Waals surface area (Å²) in [7, 11) is 0. The first-order chi connectivity index (χ1) is 15.2. The van der Waals surface area contributed by atoms with Crippen LogP contribution in [0.2, 0.25) is 0 Å². The minimum absolute atomic E-state index is 0.0102. The van der Waals surface area contributed by atoms with Crippen LogP contribution in [-0.2, 0) is 6.42 Å². The Kier molecular flexibility index (Phi) is 7.05. The molecule has 4 aromatic rings. The summed E-state index contributed by atoms with van der Waals surface area (Å²) in [6, 6.07) is 22.6. The summed E-state index contributed by atoms with van der Waals surface area (Å²) in [5, 5.41) is 5.52. The number of unbranched alkanes of at least 4 members (excludes halogenated alkanes) is 2. The Labute approximate surface area is 187 Å². The van der Waals surface area contributed by atoms with Gasteiger partial charge in [-0.15, -0.1) is 11.8 Å². The molecule has 0 atom stereocenters. The Morgan fingerprint density at radius 1 is 0.968 bits per heavy atom. The quantitative estimate of drug-likeness (QED) is 0.250. The number of hydrogen-bond acceptors (Lipinski definition) is 3. The topological polar surface area (TPSA) is 57.8 Å². The average Bonchev–Trinajstić information content (AvgIpc) is 3.29. The van der Waals surface area contributed by atoms with Crippen molar-refractivity contribution in [1.82, 2.24) is 15.3 Å². The molecule has 0 aliphatic heterocycles. The summed E-state index contributed by atoms with van der Waals surface area (Å²) in [6.07, 6.45) is 7.88. The van der Waals surface area contributed by atoms with E-state index in [0.29, 0.717) is 6.54 Å². The predicted octanol–water partition coefficient (Wildman–Crippen LogP) is 6.09. The van der Waals surface area contributed by atoms with E-state index in [9.17, 15) is 4.79 Å². The highest BCUT2D eigenvalue weighted by Crippen LogP contribution is 2.23. The van der Waals surface area contributed by atoms with Crippen molar-refractivity contribution in [1.29, 1.82) is 0 Å². The lowest BCUT2D eigenvalue weighted by atomic mass is 10.1. The molecule has 2 N–H and O–H groups in total. The molecule has 3 aromatic carbocycles. The number of H-pyrrole nitrogens is 1. The lowest BCUT2D eigenvalue weighted by Gasteiger charge is -2.08. The zero-order valence-electron chi connectivity index (χ0n) is 17.7. The lowest BCUT2D eigenvalue weighted by molar-refractivity contribution is 0.0950. The van der Waals surface area contributed by atoms with Crippen molar-refractivity contribution in [2.24, 2.45) is 0 Å². The van der Waals surface area contributed by atoms with Gasteiger partial charge in [0, 0.05) is 23.4 Å². The molecule has 0 unspecified atom stereocenters. The minimum atomic E-state index is 0.0102. The summed E-state index contributed by atoms with van der Waals surface area (Å²) in [5.41, 5.74) is 2.97. The fourth-order valence-electron chi connectivity index (χ4n) is 3.72. The largest absolute Gasteiger partial charge is 0.352 e. The molecular weight excluding hydrogens is 402 g/mol. The highest BCUT2D eigenvalue weighted by Gasteiger charge is 2.09. The fraction of sp³-hybridized carbons (Fsp3) is 0.231. The van der Waals surface area contributed by atoms with Gasteiger partial charge >= 0.3 is 0 Å². The van der Waals surface area contributed by atoms with Crippen LogP contribution < -0.4 is 5.32 Å². The standard InChI is InChI=1S/C26H27N3OS/c1-31-24-12-7-6-11-22(24)26(30)27-16-8-2-3-13-25-28-18-23(29-25)21-15-14-19-9-4-5-10-20(19)17-21/h4-7,9-12,14-15,17-18H,2-3,8,13,16H2,1H3,(H,27,30)(H,28,29). The van der Waals surface area contributed by atoms with Crippen molar-refractivity contribution < 1.29 is 4.79 Å². The summed E-state index contributed by atoms with van der Waals surface area (Å²) in [6.45, 7) is 0.696. The van der Waals surface area contributed by atoms with E-state index in [1.807, 2.05) is 36.7 Å². The molecule has 158 valence electrons. The van der Waals surface area contributed by atoms with Crippen molar-refractivity contribution in [3.8, 4) is 11.3 Å². The van der Waals surface area contributed by atoms with E-state index < -0.39 is 0 Å². The fourth-order valence-corrected chi connectivity index (χ4v) is 4.31. The van der Waals surface area contributed by atoms with Gasteiger partial charge in [-0.2, -0.15) is 0 Å². The number of aromatic nitrogens is 2. The van der Waals surface area contributed by atoms with Crippen LogP contribution >= 0.6 is 11.8 Å². The van der Waals surface area contributed by atoms with Crippen molar-refractivity contribution in [3.05, 3.63) is 84.3 Å². The SMILES string of the molecule is CSc1ccccc1C(=O)NCCCCCc1ncc(-c2ccc3ccccc3c2)[nH]1. The normalized spacial score (nSPS) is 11.0. The van der Waals surface area contributed by atoms with Gasteiger partial charge in [-0.25, -0.2) is 4.98 Å². The molecule has 0 aliphatic rings. The molecule has 31 heavy (non-hydrogen) atoms. The van der Waals surface area contributed by atoms with Crippen LogP contribution in [0.3, 0.4) is 0 Å². The van der Waals surface area contributed by atoms with Crippen molar-refractivity contribution in [3.63, 3.8) is 0 Å². The Bertz CT molecular complexity index is 1170. The number of amides is 1.